The van der Waals surface area contributed by atoms with E-state index in [2.05, 4.69) is 36.9 Å². The topological polar surface area (TPSA) is 58.3 Å². The number of rotatable bonds is 6. The first-order valence-electron chi connectivity index (χ1n) is 10.2. The maximum Gasteiger partial charge on any atom is 0.234 e. The number of benzene rings is 1. The Labute approximate surface area is 178 Å². The molecule has 0 bridgehead atoms. The number of nitrogens with zero attached hydrogens (tertiary/aromatic N) is 5. The highest BCUT2D eigenvalue weighted by Gasteiger charge is 2.22. The van der Waals surface area contributed by atoms with Crippen molar-refractivity contribution in [3.05, 3.63) is 46.5 Å². The van der Waals surface area contributed by atoms with Gasteiger partial charge in [-0.1, -0.05) is 30.3 Å². The van der Waals surface area contributed by atoms with E-state index in [-0.39, 0.29) is 11.4 Å². The Bertz CT molecular complexity index is 875. The van der Waals surface area contributed by atoms with Crippen LogP contribution in [0.2, 0.25) is 0 Å². The van der Waals surface area contributed by atoms with Gasteiger partial charge in [-0.15, -0.1) is 0 Å². The van der Waals surface area contributed by atoms with Crippen LogP contribution in [0.15, 0.2) is 30.3 Å². The van der Waals surface area contributed by atoms with E-state index in [1.807, 2.05) is 50.6 Å². The monoisotopic (exact) mass is 416 g/mol. The lowest BCUT2D eigenvalue weighted by Gasteiger charge is -2.34. The van der Waals surface area contributed by atoms with E-state index < -0.39 is 0 Å². The van der Waals surface area contributed by atoms with Gasteiger partial charge in [0.05, 0.1) is 19.8 Å². The Balaban J connectivity index is 1.54. The first kappa shape index (κ1) is 21.7. The summed E-state index contributed by atoms with van der Waals surface area (Å²) in [4.78, 5) is 16.7. The SMILES string of the molecule is Cc1nn(CN2CCN(CC(=O)NC(C)(C)C)CC2)c(=S)n1Cc1ccccc1. The molecule has 1 aromatic carbocycles. The molecular formula is C21H32N6OS. The van der Waals surface area contributed by atoms with Gasteiger partial charge < -0.3 is 5.32 Å². The fraction of sp³-hybridized carbons (Fsp3) is 0.571. The van der Waals surface area contributed by atoms with Crippen LogP contribution in [-0.2, 0) is 18.0 Å². The zero-order valence-corrected chi connectivity index (χ0v) is 18.7. The van der Waals surface area contributed by atoms with Gasteiger partial charge >= 0.3 is 0 Å². The van der Waals surface area contributed by atoms with E-state index in [1.165, 1.54) is 5.56 Å². The molecule has 0 saturated carbocycles. The number of hydrogen-bond acceptors (Lipinski definition) is 5. The summed E-state index contributed by atoms with van der Waals surface area (Å²) in [7, 11) is 0. The fourth-order valence-electron chi connectivity index (χ4n) is 3.53. The first-order chi connectivity index (χ1) is 13.7. The average Bonchev–Trinajstić information content (AvgIpc) is 2.90. The summed E-state index contributed by atoms with van der Waals surface area (Å²) < 4.78 is 4.74. The lowest BCUT2D eigenvalue weighted by Crippen LogP contribution is -2.51. The van der Waals surface area contributed by atoms with Crippen LogP contribution in [0, 0.1) is 11.7 Å². The Morgan fingerprint density at radius 1 is 1.10 bits per heavy atom. The van der Waals surface area contributed by atoms with Crippen molar-refractivity contribution in [2.45, 2.75) is 46.4 Å². The molecule has 1 aliphatic rings. The van der Waals surface area contributed by atoms with Gasteiger partial charge in [0.15, 0.2) is 4.77 Å². The van der Waals surface area contributed by atoms with Crippen LogP contribution in [0.25, 0.3) is 0 Å². The van der Waals surface area contributed by atoms with Gasteiger partial charge in [-0.2, -0.15) is 5.10 Å². The second kappa shape index (κ2) is 9.19. The molecule has 1 aliphatic heterocycles. The zero-order valence-electron chi connectivity index (χ0n) is 17.9. The van der Waals surface area contributed by atoms with Gasteiger partial charge in [-0.3, -0.25) is 19.2 Å². The molecule has 8 heteroatoms. The summed E-state index contributed by atoms with van der Waals surface area (Å²) in [5.41, 5.74) is 1.03. The second-order valence-electron chi connectivity index (χ2n) is 8.73. The van der Waals surface area contributed by atoms with Gasteiger partial charge in [0.1, 0.15) is 5.82 Å². The summed E-state index contributed by atoms with van der Waals surface area (Å²) in [6.45, 7) is 13.4. The molecule has 1 N–H and O–H groups in total. The minimum atomic E-state index is -0.189. The molecule has 1 saturated heterocycles. The standard InChI is InChI=1S/C21H32N6OS/c1-17-23-27(20(29)26(17)14-18-8-6-5-7-9-18)16-25-12-10-24(11-13-25)15-19(28)22-21(2,3)4/h5-9H,10-16H2,1-4H3,(H,22,28). The predicted octanol–water partition coefficient (Wildman–Crippen LogP) is 2.26. The number of aryl methyl sites for hydroxylation is 1. The highest BCUT2D eigenvalue weighted by molar-refractivity contribution is 7.71. The molecule has 0 spiro atoms. The van der Waals surface area contributed by atoms with E-state index >= 15 is 0 Å². The lowest BCUT2D eigenvalue weighted by molar-refractivity contribution is -0.124. The Morgan fingerprint density at radius 3 is 2.34 bits per heavy atom. The quantitative estimate of drug-likeness (QED) is 0.732. The molecule has 0 aliphatic carbocycles. The smallest absolute Gasteiger partial charge is 0.234 e. The highest BCUT2D eigenvalue weighted by Crippen LogP contribution is 2.09. The van der Waals surface area contributed by atoms with Crippen LogP contribution < -0.4 is 5.32 Å². The number of aromatic nitrogens is 3. The molecular weight excluding hydrogens is 384 g/mol. The average molecular weight is 417 g/mol. The lowest BCUT2D eigenvalue weighted by atomic mass is 10.1. The molecule has 1 aromatic heterocycles. The molecule has 0 radical (unpaired) electrons. The van der Waals surface area contributed by atoms with E-state index in [1.54, 1.807) is 0 Å². The summed E-state index contributed by atoms with van der Waals surface area (Å²) in [6.07, 6.45) is 0. The summed E-state index contributed by atoms with van der Waals surface area (Å²) in [6, 6.07) is 10.3. The Morgan fingerprint density at radius 2 is 1.72 bits per heavy atom. The first-order valence-corrected chi connectivity index (χ1v) is 10.6. The second-order valence-corrected chi connectivity index (χ2v) is 9.10. The van der Waals surface area contributed by atoms with Crippen molar-refractivity contribution in [3.8, 4) is 0 Å². The molecule has 1 amide bonds. The number of piperazine rings is 1. The van der Waals surface area contributed by atoms with Crippen LogP contribution in [-0.4, -0.2) is 68.3 Å². The van der Waals surface area contributed by atoms with E-state index in [0.29, 0.717) is 13.2 Å². The van der Waals surface area contributed by atoms with Gasteiger partial charge in [0.2, 0.25) is 5.91 Å². The maximum atomic E-state index is 12.1. The Kier molecular flexibility index (Phi) is 6.87. The van der Waals surface area contributed by atoms with Crippen molar-refractivity contribution in [2.75, 3.05) is 32.7 Å². The van der Waals surface area contributed by atoms with Crippen LogP contribution in [0.5, 0.6) is 0 Å². The van der Waals surface area contributed by atoms with Crippen LogP contribution in [0.3, 0.4) is 0 Å². The predicted molar refractivity (Wildman–Crippen MR) is 117 cm³/mol. The number of carbonyl (C=O) groups excluding carboxylic acids is 1. The largest absolute Gasteiger partial charge is 0.350 e. The van der Waals surface area contributed by atoms with Crippen molar-refractivity contribution in [2.24, 2.45) is 0 Å². The van der Waals surface area contributed by atoms with Crippen LogP contribution in [0.1, 0.15) is 32.2 Å². The molecule has 2 heterocycles. The Hall–Kier alpha value is -2.03. The van der Waals surface area contributed by atoms with Crippen molar-refractivity contribution >= 4 is 18.1 Å². The van der Waals surface area contributed by atoms with Gasteiger partial charge in [-0.05, 0) is 45.5 Å². The normalized spacial score (nSPS) is 16.1. The molecule has 158 valence electrons. The molecule has 3 rings (SSSR count). The molecule has 2 aromatic rings. The number of nitrogens with one attached hydrogen (secondary N) is 1. The molecule has 0 unspecified atom stereocenters. The van der Waals surface area contributed by atoms with E-state index in [9.17, 15) is 4.79 Å². The van der Waals surface area contributed by atoms with Crippen molar-refractivity contribution in [1.82, 2.24) is 29.5 Å². The molecule has 1 fully saturated rings. The number of hydrogen-bond donors (Lipinski definition) is 1. The van der Waals surface area contributed by atoms with E-state index in [0.717, 1.165) is 43.3 Å². The van der Waals surface area contributed by atoms with Crippen LogP contribution >= 0.6 is 12.2 Å². The van der Waals surface area contributed by atoms with Gasteiger partial charge in [0, 0.05) is 31.7 Å². The summed E-state index contributed by atoms with van der Waals surface area (Å²) in [5.74, 6) is 1.01. The third-order valence-electron chi connectivity index (χ3n) is 4.97. The fourth-order valence-corrected chi connectivity index (χ4v) is 3.82. The molecule has 0 atom stereocenters. The third kappa shape index (κ3) is 6.22. The number of amides is 1. The molecule has 29 heavy (non-hydrogen) atoms. The maximum absolute atomic E-state index is 12.1. The zero-order chi connectivity index (χ0) is 21.0. The van der Waals surface area contributed by atoms with Crippen molar-refractivity contribution in [1.29, 1.82) is 0 Å². The summed E-state index contributed by atoms with van der Waals surface area (Å²) >= 11 is 5.68. The van der Waals surface area contributed by atoms with Gasteiger partial charge in [-0.25, -0.2) is 4.68 Å². The van der Waals surface area contributed by atoms with Crippen LogP contribution in [0.4, 0.5) is 0 Å². The highest BCUT2D eigenvalue weighted by atomic mass is 32.1. The number of carbonyl (C=O) groups is 1. The van der Waals surface area contributed by atoms with Gasteiger partial charge in [0.25, 0.3) is 0 Å². The van der Waals surface area contributed by atoms with E-state index in [4.69, 9.17) is 12.2 Å². The van der Waals surface area contributed by atoms with Crippen molar-refractivity contribution in [3.63, 3.8) is 0 Å². The minimum absolute atomic E-state index is 0.0865. The van der Waals surface area contributed by atoms with Crippen molar-refractivity contribution < 1.29 is 4.79 Å². The molecule has 7 nitrogen and oxygen atoms in total. The minimum Gasteiger partial charge on any atom is -0.350 e. The summed E-state index contributed by atoms with van der Waals surface area (Å²) in [5, 5.41) is 7.69. The third-order valence-corrected chi connectivity index (χ3v) is 5.40.